The minimum Gasteiger partial charge on any atom is -0.507 e. The lowest BCUT2D eigenvalue weighted by Gasteiger charge is -2.31. The Morgan fingerprint density at radius 2 is 1.00 bits per heavy atom. The molecule has 0 saturated heterocycles. The van der Waals surface area contributed by atoms with Crippen LogP contribution in [0.15, 0.2) is 164 Å². The van der Waals surface area contributed by atoms with E-state index in [-0.39, 0.29) is 22.0 Å². The molecule has 67 heavy (non-hydrogen) atoms. The Kier molecular flexibility index (Phi) is 10.3. The highest BCUT2D eigenvalue weighted by Crippen LogP contribution is 2.52. The molecule has 7 aromatic carbocycles. The van der Waals surface area contributed by atoms with Crippen molar-refractivity contribution >= 4 is 11.0 Å². The first-order valence-electron chi connectivity index (χ1n) is 23.7. The molecule has 4 heteroatoms. The van der Waals surface area contributed by atoms with Gasteiger partial charge in [-0.2, -0.15) is 0 Å². The van der Waals surface area contributed by atoms with Crippen molar-refractivity contribution in [3.05, 3.63) is 192 Å². The first kappa shape index (κ1) is 43.8. The summed E-state index contributed by atoms with van der Waals surface area (Å²) in [6.07, 6.45) is 0. The molecule has 0 atom stereocenters. The molecule has 0 saturated carbocycles. The van der Waals surface area contributed by atoms with Gasteiger partial charge in [-0.3, -0.25) is 4.57 Å². The molecule has 0 aliphatic heterocycles. The molecule has 0 bridgehead atoms. The van der Waals surface area contributed by atoms with Crippen molar-refractivity contribution in [2.45, 2.75) is 97.8 Å². The monoisotopic (exact) mass is 875 g/mol. The van der Waals surface area contributed by atoms with Gasteiger partial charge in [0.05, 0.1) is 33.7 Å². The molecule has 1 aliphatic carbocycles. The van der Waals surface area contributed by atoms with Gasteiger partial charge in [0.1, 0.15) is 11.6 Å². The predicted molar refractivity (Wildman–Crippen MR) is 281 cm³/mol. The van der Waals surface area contributed by atoms with E-state index >= 15 is 0 Å². The summed E-state index contributed by atoms with van der Waals surface area (Å²) in [6.45, 7) is 24.8. The molecule has 1 N–H and O–H groups in total. The average molecular weight is 876 g/mol. The molecule has 2 heterocycles. The van der Waals surface area contributed by atoms with Gasteiger partial charge < -0.3 is 5.11 Å². The summed E-state index contributed by atoms with van der Waals surface area (Å²) in [7, 11) is 0. The largest absolute Gasteiger partial charge is 0.507 e. The summed E-state index contributed by atoms with van der Waals surface area (Å²) in [6, 6.07) is 59.0. The topological polar surface area (TPSA) is 50.9 Å². The number of phenols is 1. The molecule has 1 aliphatic rings. The Balaban J connectivity index is 1.31. The molecule has 334 valence electrons. The van der Waals surface area contributed by atoms with Gasteiger partial charge in [-0.1, -0.05) is 204 Å². The second kappa shape index (κ2) is 15.8. The molecule has 2 aromatic heterocycles. The van der Waals surface area contributed by atoms with Crippen LogP contribution in [0.2, 0.25) is 0 Å². The summed E-state index contributed by atoms with van der Waals surface area (Å²) in [5, 5.41) is 12.7. The predicted octanol–water partition coefficient (Wildman–Crippen LogP) is 16.7. The maximum absolute atomic E-state index is 12.7. The molecule has 0 radical (unpaired) electrons. The van der Waals surface area contributed by atoms with E-state index in [2.05, 4.69) is 245 Å². The lowest BCUT2D eigenvalue weighted by molar-refractivity contribution is 0.446. The summed E-state index contributed by atoms with van der Waals surface area (Å²) in [5.74, 6) is 0.943. The highest BCUT2D eigenvalue weighted by Gasteiger charge is 2.37. The fourth-order valence-electron chi connectivity index (χ4n) is 10.2. The minimum atomic E-state index is -0.440. The van der Waals surface area contributed by atoms with Crippen LogP contribution in [-0.4, -0.2) is 19.6 Å². The second-order valence-electron chi connectivity index (χ2n) is 22.1. The highest BCUT2D eigenvalue weighted by molar-refractivity contribution is 5.98. The van der Waals surface area contributed by atoms with E-state index in [4.69, 9.17) is 9.97 Å². The Labute approximate surface area is 397 Å². The van der Waals surface area contributed by atoms with Crippen LogP contribution in [0.4, 0.5) is 0 Å². The fourth-order valence-corrected chi connectivity index (χ4v) is 10.2. The Bertz CT molecular complexity index is 3380. The smallest absolute Gasteiger partial charge is 0.149 e. The van der Waals surface area contributed by atoms with E-state index in [0.717, 1.165) is 55.9 Å². The molecule has 9 aromatic rings. The highest BCUT2D eigenvalue weighted by atomic mass is 16.3. The van der Waals surface area contributed by atoms with E-state index < -0.39 is 5.41 Å². The summed E-state index contributed by atoms with van der Waals surface area (Å²) in [4.78, 5) is 11.3. The maximum atomic E-state index is 12.7. The average Bonchev–Trinajstić information content (AvgIpc) is 3.66. The van der Waals surface area contributed by atoms with Crippen LogP contribution >= 0.6 is 0 Å². The Morgan fingerprint density at radius 1 is 0.448 bits per heavy atom. The number of rotatable bonds is 5. The Morgan fingerprint density at radius 3 is 1.70 bits per heavy atom. The van der Waals surface area contributed by atoms with Crippen molar-refractivity contribution in [3.8, 4) is 78.7 Å². The number of imidazole rings is 1. The van der Waals surface area contributed by atoms with Crippen LogP contribution < -0.4 is 0 Å². The third-order valence-corrected chi connectivity index (χ3v) is 14.0. The SMILES string of the molecule is CC(C)(C)c1cc(-c2cccc(-c3ccccc3)c2)nc(-c2cccc3c2nc(-c2cc(C(C)(C)C)cc(C(C)(C)C)c2O)n3-c2cccc3c2C(C)(C)c2ccccc2-c2ccccc2-3)c1. The lowest BCUT2D eigenvalue weighted by atomic mass is 9.74. The van der Waals surface area contributed by atoms with Crippen molar-refractivity contribution in [1.29, 1.82) is 0 Å². The van der Waals surface area contributed by atoms with Gasteiger partial charge in [0.2, 0.25) is 0 Å². The number of hydrogen-bond donors (Lipinski definition) is 1. The maximum Gasteiger partial charge on any atom is 0.149 e. The van der Waals surface area contributed by atoms with E-state index in [1.165, 1.54) is 44.5 Å². The minimum absolute atomic E-state index is 0.162. The molecular weight excluding hydrogens is 815 g/mol. The standard InChI is InChI=1S/C63H61N3O/c1-60(2,3)42-35-49(58(67)51(36-42)62(7,8)9)59-65-57-48(53-38-43(61(4,5)6)37-52(64-53)41-25-19-24-40(34-41)39-22-13-12-14-23-39)30-21-33-55(57)66(59)54-32-20-29-47-45-27-16-15-26-44(45)46-28-17-18-31-50(46)63(10,11)56(47)54/h12-38,67H,1-11H3. The summed E-state index contributed by atoms with van der Waals surface area (Å²) in [5.41, 5.74) is 19.0. The first-order valence-corrected chi connectivity index (χ1v) is 23.7. The van der Waals surface area contributed by atoms with Gasteiger partial charge in [0.15, 0.2) is 0 Å². The van der Waals surface area contributed by atoms with Crippen molar-refractivity contribution in [2.24, 2.45) is 0 Å². The van der Waals surface area contributed by atoms with Gasteiger partial charge >= 0.3 is 0 Å². The molecular formula is C63H61N3O. The molecule has 0 spiro atoms. The zero-order chi connectivity index (χ0) is 47.2. The first-order chi connectivity index (χ1) is 31.8. The zero-order valence-corrected chi connectivity index (χ0v) is 40.9. The third kappa shape index (κ3) is 7.57. The van der Waals surface area contributed by atoms with Gasteiger partial charge in [0, 0.05) is 22.1 Å². The second-order valence-corrected chi connectivity index (χ2v) is 22.1. The molecule has 0 amide bonds. The molecule has 0 fully saturated rings. The van der Waals surface area contributed by atoms with Crippen LogP contribution in [0.25, 0.3) is 84.0 Å². The van der Waals surface area contributed by atoms with Crippen LogP contribution in [0.3, 0.4) is 0 Å². The van der Waals surface area contributed by atoms with Gasteiger partial charge in [-0.25, -0.2) is 9.97 Å². The zero-order valence-electron chi connectivity index (χ0n) is 40.9. The number of nitrogens with zero attached hydrogens (tertiary/aromatic N) is 3. The summed E-state index contributed by atoms with van der Waals surface area (Å²) >= 11 is 0. The van der Waals surface area contributed by atoms with Crippen LogP contribution in [-0.2, 0) is 21.7 Å². The molecule has 0 unspecified atom stereocenters. The number of pyridine rings is 1. The van der Waals surface area contributed by atoms with Crippen molar-refractivity contribution in [1.82, 2.24) is 14.5 Å². The van der Waals surface area contributed by atoms with Gasteiger partial charge in [0.25, 0.3) is 0 Å². The summed E-state index contributed by atoms with van der Waals surface area (Å²) < 4.78 is 2.34. The Hall–Kier alpha value is -7.04. The van der Waals surface area contributed by atoms with E-state index in [0.29, 0.717) is 11.4 Å². The van der Waals surface area contributed by atoms with Crippen LogP contribution in [0.1, 0.15) is 104 Å². The van der Waals surface area contributed by atoms with Crippen LogP contribution in [0.5, 0.6) is 5.75 Å². The number of phenolic OH excluding ortho intramolecular Hbond substituents is 1. The normalized spacial score (nSPS) is 13.5. The molecule has 10 rings (SSSR count). The fraction of sp³-hybridized carbons (Fsp3) is 0.238. The van der Waals surface area contributed by atoms with Gasteiger partial charge in [-0.15, -0.1) is 0 Å². The number of aromatic nitrogens is 3. The van der Waals surface area contributed by atoms with Gasteiger partial charge in [-0.05, 0) is 108 Å². The number of para-hydroxylation sites is 1. The number of hydrogen-bond acceptors (Lipinski definition) is 3. The number of fused-ring (bicyclic) bond motifs is 6. The number of aromatic hydroxyl groups is 1. The van der Waals surface area contributed by atoms with Crippen LogP contribution in [0, 0.1) is 0 Å². The third-order valence-electron chi connectivity index (χ3n) is 14.0. The molecule has 4 nitrogen and oxygen atoms in total. The quantitative estimate of drug-likeness (QED) is 0.187. The number of benzene rings is 7. The van der Waals surface area contributed by atoms with Crippen molar-refractivity contribution in [3.63, 3.8) is 0 Å². The van der Waals surface area contributed by atoms with E-state index in [1.807, 2.05) is 0 Å². The van der Waals surface area contributed by atoms with Crippen molar-refractivity contribution in [2.75, 3.05) is 0 Å². The van der Waals surface area contributed by atoms with Crippen molar-refractivity contribution < 1.29 is 5.11 Å². The van der Waals surface area contributed by atoms with E-state index in [9.17, 15) is 5.11 Å². The lowest BCUT2D eigenvalue weighted by Crippen LogP contribution is -2.23. The van der Waals surface area contributed by atoms with E-state index in [1.54, 1.807) is 0 Å².